The number of benzene rings is 2. The minimum absolute atomic E-state index is 0.0402. The Bertz CT molecular complexity index is 1310. The van der Waals surface area contributed by atoms with Gasteiger partial charge in [-0.2, -0.15) is 13.2 Å². The van der Waals surface area contributed by atoms with Crippen LogP contribution in [0.1, 0.15) is 41.5 Å². The molecule has 1 aromatic heterocycles. The number of hydrogen-bond acceptors (Lipinski definition) is 4. The van der Waals surface area contributed by atoms with Gasteiger partial charge in [0.1, 0.15) is 5.76 Å². The molecule has 4 rings (SSSR count). The molecule has 0 saturated heterocycles. The maximum absolute atomic E-state index is 14.0. The van der Waals surface area contributed by atoms with Crippen molar-refractivity contribution in [2.75, 3.05) is 32.6 Å². The Morgan fingerprint density at radius 1 is 1.14 bits per heavy atom. The van der Waals surface area contributed by atoms with Gasteiger partial charge in [-0.1, -0.05) is 29.8 Å². The molecule has 0 amide bonds. The fourth-order valence-electron chi connectivity index (χ4n) is 4.39. The Labute approximate surface area is 210 Å². The lowest BCUT2D eigenvalue weighted by Gasteiger charge is -2.20. The molecule has 0 spiro atoms. The lowest BCUT2D eigenvalue weighted by atomic mass is 9.91. The summed E-state index contributed by atoms with van der Waals surface area (Å²) in [7, 11) is 6.74. The number of ether oxygens (including phenoxy) is 1. The maximum Gasteiger partial charge on any atom is 0.417 e. The molecule has 5 nitrogen and oxygen atoms in total. The van der Waals surface area contributed by atoms with Crippen LogP contribution in [0.2, 0.25) is 0 Å². The predicted molar refractivity (Wildman–Crippen MR) is 139 cm³/mol. The first-order chi connectivity index (χ1) is 17.0. The van der Waals surface area contributed by atoms with Gasteiger partial charge in [-0.05, 0) is 55.5 Å². The Balaban J connectivity index is 0.000000338. The number of allylic oxidation sites excluding steroid dienone is 1. The normalized spacial score (nSPS) is 13.1. The number of pyridine rings is 1. The molecule has 1 heterocycles. The molecular formula is C28H34F3N3O2. The van der Waals surface area contributed by atoms with Crippen LogP contribution in [0.3, 0.4) is 0 Å². The topological polar surface area (TPSA) is 60.5 Å². The monoisotopic (exact) mass is 501 g/mol. The molecule has 0 bridgehead atoms. The number of aromatic nitrogens is 1. The summed E-state index contributed by atoms with van der Waals surface area (Å²) in [5, 5.41) is 0.0402. The van der Waals surface area contributed by atoms with Crippen LogP contribution in [0, 0.1) is 6.92 Å². The molecule has 36 heavy (non-hydrogen) atoms. The van der Waals surface area contributed by atoms with E-state index in [1.165, 1.54) is 42.5 Å². The van der Waals surface area contributed by atoms with Gasteiger partial charge < -0.3 is 19.9 Å². The molecule has 194 valence electrons. The standard InChI is InChI=1S/C21H21F3N2O.C7H13NO/c1-13-6-5-7-14(10-13)11-17-19(21(22,23)24)16-12-15(25(2)3)8-9-18(16)26(4)20(17)27;1-9-7(5-8)6-3-2-4-6/h5-10,12H,11H2,1-4H3;2-5,8H2,1H3. The number of alkyl halides is 3. The van der Waals surface area contributed by atoms with E-state index >= 15 is 0 Å². The van der Waals surface area contributed by atoms with Crippen molar-refractivity contribution < 1.29 is 17.9 Å². The number of aryl methyl sites for hydroxylation is 2. The fourth-order valence-corrected chi connectivity index (χ4v) is 4.39. The van der Waals surface area contributed by atoms with Gasteiger partial charge in [0, 0.05) is 44.2 Å². The van der Waals surface area contributed by atoms with Crippen LogP contribution in [0.4, 0.5) is 18.9 Å². The van der Waals surface area contributed by atoms with E-state index in [0.717, 1.165) is 11.3 Å². The highest BCUT2D eigenvalue weighted by atomic mass is 19.4. The van der Waals surface area contributed by atoms with E-state index in [4.69, 9.17) is 10.5 Å². The van der Waals surface area contributed by atoms with Crippen molar-refractivity contribution in [2.45, 2.75) is 38.8 Å². The Kier molecular flexibility index (Phi) is 8.51. The molecular weight excluding hydrogens is 467 g/mol. The van der Waals surface area contributed by atoms with E-state index in [-0.39, 0.29) is 22.9 Å². The second-order valence-corrected chi connectivity index (χ2v) is 9.27. The summed E-state index contributed by atoms with van der Waals surface area (Å²) in [5.41, 5.74) is 7.68. The SMILES string of the molecule is COC(CN)=C1CCC1.Cc1cccc(Cc2c(C(F)(F)F)c3cc(N(C)C)ccc3n(C)c2=O)c1. The summed E-state index contributed by atoms with van der Waals surface area (Å²) in [6, 6.07) is 12.0. The van der Waals surface area contributed by atoms with Gasteiger partial charge in [-0.15, -0.1) is 0 Å². The molecule has 2 aromatic carbocycles. The molecule has 0 atom stereocenters. The first kappa shape index (κ1) is 27.3. The zero-order valence-corrected chi connectivity index (χ0v) is 21.5. The largest absolute Gasteiger partial charge is 0.500 e. The van der Waals surface area contributed by atoms with Crippen molar-refractivity contribution in [3.8, 4) is 0 Å². The molecule has 1 fully saturated rings. The van der Waals surface area contributed by atoms with Gasteiger partial charge in [0.2, 0.25) is 0 Å². The number of anilines is 1. The lowest BCUT2D eigenvalue weighted by Crippen LogP contribution is -2.27. The summed E-state index contributed by atoms with van der Waals surface area (Å²) in [6.45, 7) is 2.43. The van der Waals surface area contributed by atoms with E-state index in [9.17, 15) is 18.0 Å². The van der Waals surface area contributed by atoms with Crippen LogP contribution in [-0.2, 0) is 24.4 Å². The van der Waals surface area contributed by atoms with Crippen LogP contribution in [-0.4, -0.2) is 32.3 Å². The highest BCUT2D eigenvalue weighted by Crippen LogP contribution is 2.38. The van der Waals surface area contributed by atoms with Crippen LogP contribution in [0.25, 0.3) is 10.9 Å². The van der Waals surface area contributed by atoms with E-state index in [1.54, 1.807) is 56.4 Å². The highest BCUT2D eigenvalue weighted by molar-refractivity contribution is 5.87. The van der Waals surface area contributed by atoms with Crippen molar-refractivity contribution in [2.24, 2.45) is 12.8 Å². The Hall–Kier alpha value is -3.26. The third-order valence-electron chi connectivity index (χ3n) is 6.52. The van der Waals surface area contributed by atoms with Gasteiger partial charge in [0.05, 0.1) is 24.7 Å². The summed E-state index contributed by atoms with van der Waals surface area (Å²) < 4.78 is 48.5. The zero-order chi connectivity index (χ0) is 26.6. The first-order valence-electron chi connectivity index (χ1n) is 11.9. The van der Waals surface area contributed by atoms with Gasteiger partial charge in [-0.25, -0.2) is 0 Å². The number of halogens is 3. The quantitative estimate of drug-likeness (QED) is 0.466. The van der Waals surface area contributed by atoms with Crippen molar-refractivity contribution in [3.63, 3.8) is 0 Å². The average molecular weight is 502 g/mol. The van der Waals surface area contributed by atoms with Crippen LogP contribution in [0.15, 0.2) is 58.6 Å². The molecule has 2 N–H and O–H groups in total. The minimum atomic E-state index is -4.63. The van der Waals surface area contributed by atoms with Gasteiger partial charge in [-0.3, -0.25) is 4.79 Å². The molecule has 0 radical (unpaired) electrons. The molecule has 1 saturated carbocycles. The summed E-state index contributed by atoms with van der Waals surface area (Å²) >= 11 is 0. The smallest absolute Gasteiger partial charge is 0.417 e. The molecule has 0 aliphatic heterocycles. The van der Waals surface area contributed by atoms with Gasteiger partial charge >= 0.3 is 6.18 Å². The summed E-state index contributed by atoms with van der Waals surface area (Å²) in [6.07, 6.45) is -0.996. The number of methoxy groups -OCH3 is 1. The number of nitrogens with two attached hydrogens (primary N) is 1. The molecule has 3 aromatic rings. The van der Waals surface area contributed by atoms with Crippen molar-refractivity contribution >= 4 is 16.6 Å². The van der Waals surface area contributed by atoms with Crippen LogP contribution >= 0.6 is 0 Å². The first-order valence-corrected chi connectivity index (χ1v) is 11.9. The van der Waals surface area contributed by atoms with E-state index in [2.05, 4.69) is 0 Å². The van der Waals surface area contributed by atoms with E-state index < -0.39 is 17.3 Å². The van der Waals surface area contributed by atoms with Gasteiger partial charge in [0.25, 0.3) is 5.56 Å². The van der Waals surface area contributed by atoms with E-state index in [0.29, 0.717) is 17.8 Å². The number of hydrogen-bond donors (Lipinski definition) is 1. The van der Waals surface area contributed by atoms with Crippen molar-refractivity contribution in [1.82, 2.24) is 4.57 Å². The molecule has 1 aliphatic rings. The zero-order valence-electron chi connectivity index (χ0n) is 21.5. The maximum atomic E-state index is 14.0. The van der Waals surface area contributed by atoms with E-state index in [1.807, 2.05) is 13.0 Å². The Morgan fingerprint density at radius 3 is 2.31 bits per heavy atom. The minimum Gasteiger partial charge on any atom is -0.500 e. The lowest BCUT2D eigenvalue weighted by molar-refractivity contribution is -0.137. The van der Waals surface area contributed by atoms with Crippen LogP contribution < -0.4 is 16.2 Å². The number of nitrogens with zero attached hydrogens (tertiary/aromatic N) is 2. The summed E-state index contributed by atoms with van der Waals surface area (Å²) in [5.74, 6) is 1.00. The van der Waals surface area contributed by atoms with Crippen molar-refractivity contribution in [1.29, 1.82) is 0 Å². The second-order valence-electron chi connectivity index (χ2n) is 9.27. The third kappa shape index (κ3) is 5.93. The van der Waals surface area contributed by atoms with Crippen molar-refractivity contribution in [3.05, 3.63) is 86.4 Å². The fraction of sp³-hybridized carbons (Fsp3) is 0.393. The highest BCUT2D eigenvalue weighted by Gasteiger charge is 2.37. The number of rotatable bonds is 5. The molecule has 8 heteroatoms. The van der Waals surface area contributed by atoms with Crippen LogP contribution in [0.5, 0.6) is 0 Å². The second kappa shape index (κ2) is 11.2. The Morgan fingerprint density at radius 2 is 1.83 bits per heavy atom. The molecule has 0 unspecified atom stereocenters. The van der Waals surface area contributed by atoms with Gasteiger partial charge in [0.15, 0.2) is 0 Å². The third-order valence-corrected chi connectivity index (χ3v) is 6.52. The summed E-state index contributed by atoms with van der Waals surface area (Å²) in [4.78, 5) is 14.6. The average Bonchev–Trinajstić information content (AvgIpc) is 2.78. The number of fused-ring (bicyclic) bond motifs is 1. The molecule has 1 aliphatic carbocycles. The predicted octanol–water partition coefficient (Wildman–Crippen LogP) is 5.55.